The fraction of sp³-hybridized carbons (Fsp3) is 1.00. The van der Waals surface area contributed by atoms with Crippen molar-refractivity contribution in [3.8, 4) is 0 Å². The van der Waals surface area contributed by atoms with Crippen LogP contribution in [0.25, 0.3) is 0 Å². The Morgan fingerprint density at radius 2 is 2.17 bits per heavy atom. The maximum atomic E-state index is 7.74. The average Bonchev–Trinajstić information content (AvgIpc) is 1.41. The number of rotatable bonds is 2. The van der Waals surface area contributed by atoms with Gasteiger partial charge in [-0.1, -0.05) is 0 Å². The Balaban J connectivity index is 0. The largest absolute Gasteiger partial charge is 0.329 e. The van der Waals surface area contributed by atoms with Crippen molar-refractivity contribution in [1.82, 2.24) is 5.48 Å². The third kappa shape index (κ3) is 8.84. The van der Waals surface area contributed by atoms with E-state index in [1.807, 2.05) is 5.48 Å². The quantitative estimate of drug-likeness (QED) is 0.333. The minimum absolute atomic E-state index is 0. The second kappa shape index (κ2) is 9.03. The molecule has 0 bridgehead atoms. The van der Waals surface area contributed by atoms with Crippen LogP contribution in [-0.4, -0.2) is 18.3 Å². The van der Waals surface area contributed by atoms with Crippen molar-refractivity contribution in [1.29, 1.82) is 0 Å². The van der Waals surface area contributed by atoms with Gasteiger partial charge in [-0.15, -0.1) is 0 Å². The van der Waals surface area contributed by atoms with E-state index in [1.54, 1.807) is 0 Å². The molecule has 0 rings (SSSR count). The minimum atomic E-state index is 0. The second-order valence-electron chi connectivity index (χ2n) is 0.697. The zero-order valence-corrected chi connectivity index (χ0v) is 4.24. The van der Waals surface area contributed by atoms with Gasteiger partial charge in [-0.3, -0.25) is 0 Å². The molecule has 0 saturated carbocycles. The summed E-state index contributed by atoms with van der Waals surface area (Å²) in [5.41, 5.74) is 6.81. The van der Waals surface area contributed by atoms with Crippen molar-refractivity contribution in [2.24, 2.45) is 5.73 Å². The van der Waals surface area contributed by atoms with E-state index >= 15 is 0 Å². The molecule has 0 heterocycles. The fourth-order valence-corrected chi connectivity index (χ4v) is 0.0645. The predicted octanol–water partition coefficient (Wildman–Crippen LogP) is -1.08. The Morgan fingerprint density at radius 3 is 2.17 bits per heavy atom. The van der Waals surface area contributed by atoms with Crippen LogP contribution in [0.15, 0.2) is 0 Å². The van der Waals surface area contributed by atoms with Gasteiger partial charge in [0.1, 0.15) is 0 Å². The van der Waals surface area contributed by atoms with Gasteiger partial charge in [0.15, 0.2) is 0 Å². The average molecular weight is 135 g/mol. The zero-order valence-electron chi connectivity index (χ0n) is 3.26. The van der Waals surface area contributed by atoms with E-state index in [-0.39, 0.29) is 16.5 Å². The van der Waals surface area contributed by atoms with Gasteiger partial charge in [-0.25, -0.2) is 5.48 Å². The summed E-state index contributed by atoms with van der Waals surface area (Å²) in [5, 5.41) is 7.74. The molecule has 4 heteroatoms. The van der Waals surface area contributed by atoms with Crippen LogP contribution in [0.1, 0.15) is 0 Å². The summed E-state index contributed by atoms with van der Waals surface area (Å²) >= 11 is 0. The molecule has 0 unspecified atom stereocenters. The van der Waals surface area contributed by atoms with Gasteiger partial charge in [-0.2, -0.15) is 0 Å². The molecule has 0 saturated heterocycles. The molecule has 0 aliphatic carbocycles. The van der Waals surface area contributed by atoms with Crippen LogP contribution in [0, 0.1) is 0 Å². The molecule has 42 valence electrons. The molecule has 0 spiro atoms. The topological polar surface area (TPSA) is 58.3 Å². The summed E-state index contributed by atoms with van der Waals surface area (Å²) in [6.45, 7) is 0.955. The molecule has 3 nitrogen and oxygen atoms in total. The molecule has 0 radical (unpaired) electrons. The molecule has 0 atom stereocenters. The maximum absolute atomic E-state index is 7.74. The minimum Gasteiger partial charge on any atom is -0.329 e. The molecular formula is C2H8N2NiO. The first-order valence-corrected chi connectivity index (χ1v) is 1.49. The number of hydrogen-bond acceptors (Lipinski definition) is 3. The molecule has 0 aliphatic rings. The van der Waals surface area contributed by atoms with Crippen LogP contribution in [0.4, 0.5) is 0 Å². The van der Waals surface area contributed by atoms with Crippen LogP contribution in [-0.2, 0) is 16.5 Å². The number of nitrogens with two attached hydrogens (primary N) is 1. The number of hydrogen-bond donors (Lipinski definition) is 3. The van der Waals surface area contributed by atoms with Gasteiger partial charge in [0, 0.05) is 29.6 Å². The summed E-state index contributed by atoms with van der Waals surface area (Å²) in [4.78, 5) is 0. The monoisotopic (exact) mass is 134 g/mol. The standard InChI is InChI=1S/C2H8N2O.Ni/c3-1-2-4-5;/h4-5H,1-3H2;. The van der Waals surface area contributed by atoms with Crippen LogP contribution in [0.2, 0.25) is 0 Å². The molecular weight excluding hydrogens is 127 g/mol. The molecule has 0 amide bonds. The van der Waals surface area contributed by atoms with Crippen molar-refractivity contribution in [3.05, 3.63) is 0 Å². The van der Waals surface area contributed by atoms with Gasteiger partial charge in [0.25, 0.3) is 0 Å². The second-order valence-corrected chi connectivity index (χ2v) is 0.697. The van der Waals surface area contributed by atoms with E-state index in [4.69, 9.17) is 10.9 Å². The van der Waals surface area contributed by atoms with E-state index in [9.17, 15) is 0 Å². The Bertz CT molecular complexity index is 19.0. The van der Waals surface area contributed by atoms with Gasteiger partial charge in [-0.05, 0) is 0 Å². The Hall–Kier alpha value is 0.374. The van der Waals surface area contributed by atoms with Gasteiger partial charge >= 0.3 is 0 Å². The molecule has 6 heavy (non-hydrogen) atoms. The number of nitrogens with one attached hydrogen (secondary N) is 1. The van der Waals surface area contributed by atoms with Crippen molar-refractivity contribution < 1.29 is 21.7 Å². The summed E-state index contributed by atoms with van der Waals surface area (Å²) in [7, 11) is 0. The summed E-state index contributed by atoms with van der Waals surface area (Å²) in [6, 6.07) is 0. The van der Waals surface area contributed by atoms with E-state index in [0.29, 0.717) is 13.1 Å². The van der Waals surface area contributed by atoms with Gasteiger partial charge in [0.2, 0.25) is 0 Å². The van der Waals surface area contributed by atoms with Crippen LogP contribution >= 0.6 is 0 Å². The van der Waals surface area contributed by atoms with Crippen LogP contribution in [0.5, 0.6) is 0 Å². The Kier molecular flexibility index (Phi) is 14.5. The van der Waals surface area contributed by atoms with E-state index < -0.39 is 0 Å². The summed E-state index contributed by atoms with van der Waals surface area (Å²) in [6.07, 6.45) is 0. The first-order chi connectivity index (χ1) is 2.41. The SMILES string of the molecule is NCCNO.[Ni]. The summed E-state index contributed by atoms with van der Waals surface area (Å²) < 4.78 is 0. The zero-order chi connectivity index (χ0) is 4.12. The maximum Gasteiger partial charge on any atom is 0.0330 e. The Morgan fingerprint density at radius 1 is 1.67 bits per heavy atom. The van der Waals surface area contributed by atoms with E-state index in [1.165, 1.54) is 0 Å². The van der Waals surface area contributed by atoms with Crippen molar-refractivity contribution in [3.63, 3.8) is 0 Å². The smallest absolute Gasteiger partial charge is 0.0330 e. The first kappa shape index (κ1) is 9.62. The molecule has 0 aromatic rings. The molecule has 0 fully saturated rings. The van der Waals surface area contributed by atoms with E-state index in [0.717, 1.165) is 0 Å². The predicted molar refractivity (Wildman–Crippen MR) is 18.8 cm³/mol. The summed E-state index contributed by atoms with van der Waals surface area (Å²) in [5.74, 6) is 0. The van der Waals surface area contributed by atoms with Gasteiger partial charge < -0.3 is 10.9 Å². The third-order valence-corrected chi connectivity index (χ3v) is 0.256. The molecule has 0 aromatic carbocycles. The molecule has 0 aromatic heterocycles. The number of hydroxylamine groups is 1. The van der Waals surface area contributed by atoms with Crippen molar-refractivity contribution in [2.75, 3.05) is 13.1 Å². The molecule has 0 aliphatic heterocycles. The van der Waals surface area contributed by atoms with Crippen LogP contribution in [0.3, 0.4) is 0 Å². The van der Waals surface area contributed by atoms with E-state index in [2.05, 4.69) is 0 Å². The van der Waals surface area contributed by atoms with Crippen molar-refractivity contribution >= 4 is 0 Å². The first-order valence-electron chi connectivity index (χ1n) is 1.49. The fourth-order valence-electron chi connectivity index (χ4n) is 0.0645. The van der Waals surface area contributed by atoms with Gasteiger partial charge in [0.05, 0.1) is 0 Å². The normalized spacial score (nSPS) is 7.00. The Labute approximate surface area is 46.8 Å². The third-order valence-electron chi connectivity index (χ3n) is 0.256. The van der Waals surface area contributed by atoms with Crippen molar-refractivity contribution in [2.45, 2.75) is 0 Å². The van der Waals surface area contributed by atoms with Crippen LogP contribution < -0.4 is 11.2 Å². The molecule has 4 N–H and O–H groups in total.